The highest BCUT2D eigenvalue weighted by Crippen LogP contribution is 2.32. The average molecular weight is 154 g/mol. The van der Waals surface area contributed by atoms with Crippen LogP contribution >= 0.6 is 0 Å². The van der Waals surface area contributed by atoms with Gasteiger partial charge in [0.1, 0.15) is 0 Å². The highest BCUT2D eigenvalue weighted by molar-refractivity contribution is 4.88. The second-order valence-electron chi connectivity index (χ2n) is 4.01. The lowest BCUT2D eigenvalue weighted by atomic mass is 9.73. The molecule has 0 aromatic heterocycles. The Labute approximate surface area is 68.5 Å². The third-order valence-electron chi connectivity index (χ3n) is 3.33. The molecule has 1 aliphatic heterocycles. The molecule has 3 atom stereocenters. The lowest BCUT2D eigenvalue weighted by Gasteiger charge is -2.39. The number of hydrogen-bond acceptors (Lipinski definition) is 2. The van der Waals surface area contributed by atoms with Crippen molar-refractivity contribution in [1.29, 1.82) is 0 Å². The topological polar surface area (TPSA) is 38.0 Å². The average Bonchev–Trinajstić information content (AvgIpc) is 2.06. The molecular formula is C9H18N2. The minimum Gasteiger partial charge on any atom is -0.327 e. The number of rotatable bonds is 0. The van der Waals surface area contributed by atoms with Crippen LogP contribution in [0.15, 0.2) is 0 Å². The molecule has 1 saturated carbocycles. The van der Waals surface area contributed by atoms with E-state index in [1.54, 1.807) is 0 Å². The van der Waals surface area contributed by atoms with Gasteiger partial charge < -0.3 is 11.1 Å². The van der Waals surface area contributed by atoms with Gasteiger partial charge in [0, 0.05) is 6.04 Å². The number of piperidine rings is 1. The summed E-state index contributed by atoms with van der Waals surface area (Å²) in [7, 11) is 0. The van der Waals surface area contributed by atoms with Gasteiger partial charge in [0.25, 0.3) is 0 Å². The molecule has 2 fully saturated rings. The Balaban J connectivity index is 1.99. The predicted molar refractivity (Wildman–Crippen MR) is 46.3 cm³/mol. The normalized spacial score (nSPS) is 45.0. The Kier molecular flexibility index (Phi) is 2.14. The van der Waals surface area contributed by atoms with Gasteiger partial charge in [-0.3, -0.25) is 0 Å². The molecule has 2 aliphatic rings. The van der Waals surface area contributed by atoms with E-state index in [1.165, 1.54) is 38.8 Å². The van der Waals surface area contributed by atoms with Crippen molar-refractivity contribution >= 4 is 0 Å². The van der Waals surface area contributed by atoms with Crippen LogP contribution in [0.1, 0.15) is 25.7 Å². The van der Waals surface area contributed by atoms with Gasteiger partial charge in [-0.2, -0.15) is 0 Å². The zero-order valence-electron chi connectivity index (χ0n) is 7.05. The second kappa shape index (κ2) is 3.11. The molecular weight excluding hydrogens is 136 g/mol. The Hall–Kier alpha value is -0.0800. The molecule has 0 bridgehead atoms. The molecule has 1 saturated heterocycles. The highest BCUT2D eigenvalue weighted by Gasteiger charge is 2.32. The molecule has 0 amide bonds. The number of nitrogens with one attached hydrogen (secondary N) is 1. The molecule has 0 radical (unpaired) electrons. The summed E-state index contributed by atoms with van der Waals surface area (Å²) in [5.74, 6) is 1.73. The van der Waals surface area contributed by atoms with Gasteiger partial charge in [-0.05, 0) is 44.2 Å². The molecule has 2 heteroatoms. The number of hydrogen-bond donors (Lipinski definition) is 2. The molecule has 1 heterocycles. The van der Waals surface area contributed by atoms with E-state index in [9.17, 15) is 0 Å². The molecule has 2 rings (SSSR count). The molecule has 3 unspecified atom stereocenters. The maximum Gasteiger partial charge on any atom is 0.00707 e. The first-order valence-electron chi connectivity index (χ1n) is 4.84. The van der Waals surface area contributed by atoms with E-state index >= 15 is 0 Å². The lowest BCUT2D eigenvalue weighted by Crippen LogP contribution is -2.47. The van der Waals surface area contributed by atoms with Crippen molar-refractivity contribution in [2.75, 3.05) is 13.1 Å². The predicted octanol–water partition coefficient (Wildman–Crippen LogP) is 0.723. The summed E-state index contributed by atoms with van der Waals surface area (Å²) in [5.41, 5.74) is 6.06. The van der Waals surface area contributed by atoms with E-state index in [0.29, 0.717) is 6.04 Å². The Bertz CT molecular complexity index is 134. The molecule has 1 aliphatic carbocycles. The van der Waals surface area contributed by atoms with Crippen LogP contribution in [-0.4, -0.2) is 19.1 Å². The summed E-state index contributed by atoms with van der Waals surface area (Å²) < 4.78 is 0. The third kappa shape index (κ3) is 1.42. The van der Waals surface area contributed by atoms with E-state index in [0.717, 1.165) is 11.8 Å². The third-order valence-corrected chi connectivity index (χ3v) is 3.33. The standard InChI is InChI=1S/C9H18N2/c10-9-3-1-2-7-6-11-5-4-8(7)9/h7-9,11H,1-6,10H2. The van der Waals surface area contributed by atoms with Crippen molar-refractivity contribution in [3.63, 3.8) is 0 Å². The molecule has 64 valence electrons. The van der Waals surface area contributed by atoms with Crippen LogP contribution in [0.3, 0.4) is 0 Å². The maximum atomic E-state index is 6.06. The minimum atomic E-state index is 0.510. The van der Waals surface area contributed by atoms with Crippen LogP contribution in [0, 0.1) is 11.8 Å². The number of fused-ring (bicyclic) bond motifs is 1. The molecule has 0 spiro atoms. The minimum absolute atomic E-state index is 0.510. The van der Waals surface area contributed by atoms with Crippen LogP contribution in [0.5, 0.6) is 0 Å². The van der Waals surface area contributed by atoms with Crippen molar-refractivity contribution < 1.29 is 0 Å². The van der Waals surface area contributed by atoms with E-state index in [1.807, 2.05) is 0 Å². The van der Waals surface area contributed by atoms with Gasteiger partial charge in [-0.25, -0.2) is 0 Å². The summed E-state index contributed by atoms with van der Waals surface area (Å²) in [5, 5.41) is 3.45. The fraction of sp³-hybridized carbons (Fsp3) is 1.00. The smallest absolute Gasteiger partial charge is 0.00707 e. The molecule has 3 N–H and O–H groups in total. The Morgan fingerprint density at radius 3 is 2.91 bits per heavy atom. The quantitative estimate of drug-likeness (QED) is 0.539. The highest BCUT2D eigenvalue weighted by atomic mass is 14.9. The van der Waals surface area contributed by atoms with E-state index in [-0.39, 0.29) is 0 Å². The van der Waals surface area contributed by atoms with Crippen molar-refractivity contribution in [3.8, 4) is 0 Å². The van der Waals surface area contributed by atoms with Gasteiger partial charge in [0.2, 0.25) is 0 Å². The van der Waals surface area contributed by atoms with Crippen molar-refractivity contribution in [2.24, 2.45) is 17.6 Å². The molecule has 0 aromatic rings. The zero-order chi connectivity index (χ0) is 7.68. The molecule has 11 heavy (non-hydrogen) atoms. The fourth-order valence-corrected chi connectivity index (χ4v) is 2.65. The monoisotopic (exact) mass is 154 g/mol. The fourth-order valence-electron chi connectivity index (χ4n) is 2.65. The summed E-state index contributed by atoms with van der Waals surface area (Å²) >= 11 is 0. The van der Waals surface area contributed by atoms with Crippen molar-refractivity contribution in [3.05, 3.63) is 0 Å². The lowest BCUT2D eigenvalue weighted by molar-refractivity contribution is 0.160. The van der Waals surface area contributed by atoms with Crippen LogP contribution in [0.25, 0.3) is 0 Å². The Morgan fingerprint density at radius 1 is 1.18 bits per heavy atom. The van der Waals surface area contributed by atoms with Gasteiger partial charge in [0.05, 0.1) is 0 Å². The first-order valence-corrected chi connectivity index (χ1v) is 4.84. The molecule has 2 nitrogen and oxygen atoms in total. The maximum absolute atomic E-state index is 6.06. The van der Waals surface area contributed by atoms with Crippen LogP contribution in [-0.2, 0) is 0 Å². The van der Waals surface area contributed by atoms with Crippen LogP contribution < -0.4 is 11.1 Å². The van der Waals surface area contributed by atoms with Crippen LogP contribution in [0.2, 0.25) is 0 Å². The van der Waals surface area contributed by atoms with Gasteiger partial charge >= 0.3 is 0 Å². The summed E-state index contributed by atoms with van der Waals surface area (Å²) in [6.07, 6.45) is 5.34. The van der Waals surface area contributed by atoms with Crippen molar-refractivity contribution in [1.82, 2.24) is 5.32 Å². The summed E-state index contributed by atoms with van der Waals surface area (Å²) in [6.45, 7) is 2.41. The van der Waals surface area contributed by atoms with E-state index in [4.69, 9.17) is 5.73 Å². The zero-order valence-corrected chi connectivity index (χ0v) is 7.05. The van der Waals surface area contributed by atoms with Gasteiger partial charge in [-0.1, -0.05) is 6.42 Å². The second-order valence-corrected chi connectivity index (χ2v) is 4.01. The van der Waals surface area contributed by atoms with E-state index < -0.39 is 0 Å². The Morgan fingerprint density at radius 2 is 2.09 bits per heavy atom. The van der Waals surface area contributed by atoms with Crippen molar-refractivity contribution in [2.45, 2.75) is 31.7 Å². The van der Waals surface area contributed by atoms with Crippen LogP contribution in [0.4, 0.5) is 0 Å². The van der Waals surface area contributed by atoms with Gasteiger partial charge in [0.15, 0.2) is 0 Å². The molecule has 0 aromatic carbocycles. The number of nitrogens with two attached hydrogens (primary N) is 1. The van der Waals surface area contributed by atoms with E-state index in [2.05, 4.69) is 5.32 Å². The summed E-state index contributed by atoms with van der Waals surface area (Å²) in [6, 6.07) is 0.510. The first-order chi connectivity index (χ1) is 5.38. The SMILES string of the molecule is NC1CCCC2CNCCC12. The van der Waals surface area contributed by atoms with Gasteiger partial charge in [-0.15, -0.1) is 0 Å². The summed E-state index contributed by atoms with van der Waals surface area (Å²) in [4.78, 5) is 0. The first kappa shape index (κ1) is 7.56. The largest absolute Gasteiger partial charge is 0.327 e.